The van der Waals surface area contributed by atoms with E-state index in [2.05, 4.69) is 0 Å². The van der Waals surface area contributed by atoms with Crippen molar-refractivity contribution in [3.63, 3.8) is 0 Å². The quantitative estimate of drug-likeness (QED) is 0.661. The van der Waals surface area contributed by atoms with Gasteiger partial charge in [-0.05, 0) is 17.7 Å². The third kappa shape index (κ3) is 2.18. The van der Waals surface area contributed by atoms with Crippen LogP contribution in [-0.4, -0.2) is 23.9 Å². The minimum absolute atomic E-state index is 0.0405. The number of nitriles is 1. The van der Waals surface area contributed by atoms with Crippen molar-refractivity contribution in [2.75, 3.05) is 13.7 Å². The molecule has 5 heteroatoms. The van der Waals surface area contributed by atoms with E-state index in [1.165, 1.54) is 19.2 Å². The number of benzene rings is 1. The highest BCUT2D eigenvalue weighted by Gasteiger charge is 2.14. The van der Waals surface area contributed by atoms with E-state index in [4.69, 9.17) is 15.7 Å². The van der Waals surface area contributed by atoms with Crippen molar-refractivity contribution in [3.05, 3.63) is 23.3 Å². The molecule has 0 amide bonds. The summed E-state index contributed by atoms with van der Waals surface area (Å²) in [5.74, 6) is -0.0791. The van der Waals surface area contributed by atoms with Crippen LogP contribution >= 0.6 is 0 Å². The van der Waals surface area contributed by atoms with Crippen LogP contribution in [-0.2, 0) is 0 Å². The van der Waals surface area contributed by atoms with Gasteiger partial charge in [-0.3, -0.25) is 0 Å². The molecule has 0 saturated carbocycles. The Kier molecular flexibility index (Phi) is 3.50. The van der Waals surface area contributed by atoms with Gasteiger partial charge in [-0.1, -0.05) is 0 Å². The van der Waals surface area contributed by atoms with Gasteiger partial charge < -0.3 is 20.7 Å². The average molecular weight is 208 g/mol. The summed E-state index contributed by atoms with van der Waals surface area (Å²) in [4.78, 5) is 0. The third-order valence-corrected chi connectivity index (χ3v) is 2.05. The fourth-order valence-electron chi connectivity index (χ4n) is 1.20. The number of nitrogens with zero attached hydrogens (tertiary/aromatic N) is 1. The Morgan fingerprint density at radius 3 is 2.73 bits per heavy atom. The minimum atomic E-state index is -0.869. The molecular weight excluding hydrogens is 196 g/mol. The Bertz CT molecular complexity index is 398. The number of phenols is 1. The van der Waals surface area contributed by atoms with Crippen LogP contribution in [0.3, 0.4) is 0 Å². The number of methoxy groups -OCH3 is 1. The molecule has 1 aromatic carbocycles. The molecule has 4 N–H and O–H groups in total. The molecule has 0 saturated heterocycles. The number of ether oxygens (including phenoxy) is 1. The van der Waals surface area contributed by atoms with Crippen LogP contribution in [0.4, 0.5) is 0 Å². The number of aliphatic hydroxyl groups excluding tert-OH is 1. The molecule has 0 aliphatic rings. The maximum absolute atomic E-state index is 9.51. The fraction of sp³-hybridized carbons (Fsp3) is 0.300. The van der Waals surface area contributed by atoms with Crippen LogP contribution in [0.2, 0.25) is 0 Å². The van der Waals surface area contributed by atoms with Crippen molar-refractivity contribution in [2.45, 2.75) is 6.10 Å². The highest BCUT2D eigenvalue weighted by Crippen LogP contribution is 2.32. The summed E-state index contributed by atoms with van der Waals surface area (Å²) in [5.41, 5.74) is 5.79. The van der Waals surface area contributed by atoms with E-state index in [9.17, 15) is 10.2 Å². The second-order valence-corrected chi connectivity index (χ2v) is 2.98. The van der Waals surface area contributed by atoms with Gasteiger partial charge in [0.15, 0.2) is 11.5 Å². The Balaban J connectivity index is 3.28. The molecule has 0 bridgehead atoms. The van der Waals surface area contributed by atoms with E-state index in [1.807, 2.05) is 6.07 Å². The third-order valence-electron chi connectivity index (χ3n) is 2.05. The number of aliphatic hydroxyl groups is 1. The maximum atomic E-state index is 9.51. The van der Waals surface area contributed by atoms with E-state index in [0.29, 0.717) is 5.56 Å². The number of rotatable bonds is 3. The van der Waals surface area contributed by atoms with E-state index >= 15 is 0 Å². The Morgan fingerprint density at radius 1 is 1.60 bits per heavy atom. The first kappa shape index (κ1) is 11.3. The van der Waals surface area contributed by atoms with Crippen molar-refractivity contribution in [3.8, 4) is 17.6 Å². The number of hydrogen-bond donors (Lipinski definition) is 3. The smallest absolute Gasteiger partial charge is 0.175 e. The second-order valence-electron chi connectivity index (χ2n) is 2.98. The number of aromatic hydroxyl groups is 1. The lowest BCUT2D eigenvalue weighted by molar-refractivity contribution is 0.186. The molecule has 0 aliphatic carbocycles. The number of phenolic OH excluding ortho intramolecular Hbond substituents is 1. The van der Waals surface area contributed by atoms with Crippen molar-refractivity contribution >= 4 is 0 Å². The topological polar surface area (TPSA) is 99.5 Å². The molecule has 0 aliphatic heterocycles. The van der Waals surface area contributed by atoms with Crippen LogP contribution < -0.4 is 10.5 Å². The molecular formula is C10H12N2O3. The SMILES string of the molecule is COc1cc(C(O)CN)cc(C#N)c1O. The zero-order valence-electron chi connectivity index (χ0n) is 8.27. The maximum Gasteiger partial charge on any atom is 0.175 e. The van der Waals surface area contributed by atoms with Crippen LogP contribution in [0.1, 0.15) is 17.2 Å². The highest BCUT2D eigenvalue weighted by atomic mass is 16.5. The van der Waals surface area contributed by atoms with Crippen LogP contribution in [0.5, 0.6) is 11.5 Å². The molecule has 0 heterocycles. The van der Waals surface area contributed by atoms with E-state index in [0.717, 1.165) is 0 Å². The molecule has 0 radical (unpaired) electrons. The zero-order valence-corrected chi connectivity index (χ0v) is 8.27. The first-order chi connectivity index (χ1) is 7.13. The van der Waals surface area contributed by atoms with Gasteiger partial charge in [0.1, 0.15) is 6.07 Å². The van der Waals surface area contributed by atoms with Crippen molar-refractivity contribution in [1.82, 2.24) is 0 Å². The summed E-state index contributed by atoms with van der Waals surface area (Å²) in [6, 6.07) is 4.64. The lowest BCUT2D eigenvalue weighted by Crippen LogP contribution is -2.11. The Hall–Kier alpha value is -1.77. The van der Waals surface area contributed by atoms with Crippen LogP contribution in [0, 0.1) is 11.3 Å². The van der Waals surface area contributed by atoms with Gasteiger partial charge in [0.25, 0.3) is 0 Å². The molecule has 1 unspecified atom stereocenters. The van der Waals surface area contributed by atoms with Gasteiger partial charge in [0, 0.05) is 6.54 Å². The Morgan fingerprint density at radius 2 is 2.27 bits per heavy atom. The largest absolute Gasteiger partial charge is 0.503 e. The molecule has 80 valence electrons. The standard InChI is InChI=1S/C10H12N2O3/c1-15-9-3-6(8(13)5-12)2-7(4-11)10(9)14/h2-3,8,13-14H,5,12H2,1H3. The zero-order chi connectivity index (χ0) is 11.4. The summed E-state index contributed by atoms with van der Waals surface area (Å²) in [5, 5.41) is 27.7. The lowest BCUT2D eigenvalue weighted by atomic mass is 10.0. The molecule has 0 spiro atoms. The molecule has 1 aromatic rings. The van der Waals surface area contributed by atoms with Gasteiger partial charge in [-0.25, -0.2) is 0 Å². The average Bonchev–Trinajstić information content (AvgIpc) is 2.28. The van der Waals surface area contributed by atoms with Gasteiger partial charge in [-0.2, -0.15) is 5.26 Å². The number of hydrogen-bond acceptors (Lipinski definition) is 5. The van der Waals surface area contributed by atoms with Gasteiger partial charge >= 0.3 is 0 Å². The number of nitrogens with two attached hydrogens (primary N) is 1. The molecule has 5 nitrogen and oxygen atoms in total. The summed E-state index contributed by atoms with van der Waals surface area (Å²) >= 11 is 0. The summed E-state index contributed by atoms with van der Waals surface area (Å²) in [7, 11) is 1.37. The first-order valence-electron chi connectivity index (χ1n) is 4.33. The fourth-order valence-corrected chi connectivity index (χ4v) is 1.20. The van der Waals surface area contributed by atoms with Gasteiger partial charge in [-0.15, -0.1) is 0 Å². The van der Waals surface area contributed by atoms with Gasteiger partial charge in [0.2, 0.25) is 0 Å². The molecule has 1 atom stereocenters. The van der Waals surface area contributed by atoms with E-state index in [1.54, 1.807) is 0 Å². The predicted molar refractivity (Wildman–Crippen MR) is 53.4 cm³/mol. The first-order valence-corrected chi connectivity index (χ1v) is 4.33. The second kappa shape index (κ2) is 4.64. The summed E-state index contributed by atoms with van der Waals surface area (Å²) in [6.07, 6.45) is -0.869. The molecule has 0 aromatic heterocycles. The van der Waals surface area contributed by atoms with Crippen molar-refractivity contribution in [1.29, 1.82) is 5.26 Å². The summed E-state index contributed by atoms with van der Waals surface area (Å²) < 4.78 is 4.87. The van der Waals surface area contributed by atoms with Crippen molar-refractivity contribution in [2.24, 2.45) is 5.73 Å². The highest BCUT2D eigenvalue weighted by molar-refractivity contribution is 5.54. The minimum Gasteiger partial charge on any atom is -0.503 e. The van der Waals surface area contributed by atoms with Crippen LogP contribution in [0.25, 0.3) is 0 Å². The molecule has 15 heavy (non-hydrogen) atoms. The normalized spacial score (nSPS) is 11.9. The van der Waals surface area contributed by atoms with Gasteiger partial charge in [0.05, 0.1) is 18.8 Å². The molecule has 1 rings (SSSR count). The van der Waals surface area contributed by atoms with E-state index < -0.39 is 6.10 Å². The summed E-state index contributed by atoms with van der Waals surface area (Å²) in [6.45, 7) is 0.0405. The van der Waals surface area contributed by atoms with Crippen molar-refractivity contribution < 1.29 is 14.9 Å². The monoisotopic (exact) mass is 208 g/mol. The predicted octanol–water partition coefficient (Wildman–Crippen LogP) is 0.265. The lowest BCUT2D eigenvalue weighted by Gasteiger charge is -2.11. The Labute approximate surface area is 87.3 Å². The molecule has 0 fully saturated rings. The van der Waals surface area contributed by atoms with Crippen LogP contribution in [0.15, 0.2) is 12.1 Å². The van der Waals surface area contributed by atoms with E-state index in [-0.39, 0.29) is 23.6 Å².